The molecular weight excluding hydrogens is 1160 g/mol. The lowest BCUT2D eigenvalue weighted by atomic mass is 9.89. The number of anilines is 2. The van der Waals surface area contributed by atoms with Crippen molar-refractivity contribution in [2.24, 2.45) is 16.8 Å². The zero-order valence-electron chi connectivity index (χ0n) is 53.0. The van der Waals surface area contributed by atoms with Crippen molar-refractivity contribution in [1.29, 1.82) is 0 Å². The minimum atomic E-state index is -1.32. The van der Waals surface area contributed by atoms with Crippen LogP contribution in [0.4, 0.5) is 21.9 Å². The number of aryl methyl sites for hydroxylation is 2. The van der Waals surface area contributed by atoms with Crippen LogP contribution >= 0.6 is 0 Å². The zero-order chi connectivity index (χ0) is 65.2. The maximum absolute atomic E-state index is 13.6. The molecule has 90 heavy (non-hydrogen) atoms. The van der Waals surface area contributed by atoms with Crippen LogP contribution in [0, 0.1) is 25.7 Å². The van der Waals surface area contributed by atoms with Gasteiger partial charge >= 0.3 is 6.09 Å². The predicted octanol–water partition coefficient (Wildman–Crippen LogP) is 8.64. The van der Waals surface area contributed by atoms with Crippen molar-refractivity contribution in [3.63, 3.8) is 0 Å². The van der Waals surface area contributed by atoms with Crippen molar-refractivity contribution in [3.05, 3.63) is 106 Å². The van der Waals surface area contributed by atoms with Crippen molar-refractivity contribution in [2.75, 3.05) is 70.1 Å². The summed E-state index contributed by atoms with van der Waals surface area (Å²) in [6.45, 7) is 17.0. The number of rotatable bonds is 30. The van der Waals surface area contributed by atoms with Crippen molar-refractivity contribution >= 4 is 76.4 Å². The van der Waals surface area contributed by atoms with Crippen LogP contribution in [0.1, 0.15) is 138 Å². The number of ketones is 2. The van der Waals surface area contributed by atoms with E-state index in [9.17, 15) is 48.3 Å². The number of aliphatic imine (C=N–C) groups is 1. The second kappa shape index (κ2) is 32.8. The number of nitrogens with zero attached hydrogens (tertiary/aromatic N) is 5. The molecule has 3 N–H and O–H groups in total. The van der Waals surface area contributed by atoms with Gasteiger partial charge in [0.1, 0.15) is 23.4 Å². The fraction of sp³-hybridized carbons (Fsp3) is 0.493. The first-order chi connectivity index (χ1) is 43.1. The fourth-order valence-electron chi connectivity index (χ4n) is 10.8. The Morgan fingerprint density at radius 3 is 2.02 bits per heavy atom. The minimum absolute atomic E-state index is 0.0470. The fourth-order valence-corrected chi connectivity index (χ4v) is 10.8. The summed E-state index contributed by atoms with van der Waals surface area (Å²) in [6, 6.07) is 12.7. The average Bonchev–Trinajstić information content (AvgIpc) is 1.62. The maximum atomic E-state index is 13.6. The van der Waals surface area contributed by atoms with Gasteiger partial charge in [-0.3, -0.25) is 48.2 Å². The van der Waals surface area contributed by atoms with E-state index in [1.807, 2.05) is 78.2 Å². The number of unbranched alkanes of at least 4 members (excludes halogenated alkanes) is 2. The Hall–Kier alpha value is -8.54. The summed E-state index contributed by atoms with van der Waals surface area (Å²) in [5.74, 6) is -1.28. The van der Waals surface area contributed by atoms with Gasteiger partial charge in [0, 0.05) is 93.3 Å². The molecule has 23 heteroatoms. The zero-order valence-corrected chi connectivity index (χ0v) is 53.0. The minimum Gasteiger partial charge on any atom is -0.493 e. The Bertz CT molecular complexity index is 3250. The summed E-state index contributed by atoms with van der Waals surface area (Å²) in [6.07, 6.45) is 10.4. The highest BCUT2D eigenvalue weighted by atomic mass is 16.6. The molecule has 0 saturated carbocycles. The monoisotopic (exact) mass is 1240 g/mol. The van der Waals surface area contributed by atoms with Crippen molar-refractivity contribution in [2.45, 2.75) is 144 Å². The largest absolute Gasteiger partial charge is 0.493 e. The van der Waals surface area contributed by atoms with Gasteiger partial charge in [-0.05, 0) is 116 Å². The highest BCUT2D eigenvalue weighted by molar-refractivity contribution is 6.13. The van der Waals surface area contributed by atoms with Gasteiger partial charge < -0.3 is 54.0 Å². The number of hydrogen-bond acceptors (Lipinski definition) is 17. The number of Topliss-reactive ketones (excluding diaryl/α,β-unsaturated/α-hetero) is 2. The van der Waals surface area contributed by atoms with Crippen LogP contribution in [-0.2, 0) is 43.0 Å². The van der Waals surface area contributed by atoms with Gasteiger partial charge in [-0.25, -0.2) is 9.69 Å². The molecule has 5 atom stereocenters. The summed E-state index contributed by atoms with van der Waals surface area (Å²) in [4.78, 5) is 123. The Labute approximate surface area is 525 Å². The Morgan fingerprint density at radius 1 is 0.689 bits per heavy atom. The third-order valence-electron chi connectivity index (χ3n) is 15.8. The third kappa shape index (κ3) is 18.3. The molecule has 0 fully saturated rings. The molecule has 3 aromatic carbocycles. The molecule has 0 spiro atoms. The van der Waals surface area contributed by atoms with E-state index in [-0.39, 0.29) is 104 Å². The van der Waals surface area contributed by atoms with E-state index >= 15 is 0 Å². The van der Waals surface area contributed by atoms with Gasteiger partial charge in [0.05, 0.1) is 81.3 Å². The summed E-state index contributed by atoms with van der Waals surface area (Å²) < 4.78 is 34.0. The number of nitrogens with one attached hydrogen (secondary N) is 2. The molecule has 5 unspecified atom stereocenters. The third-order valence-corrected chi connectivity index (χ3v) is 15.8. The van der Waals surface area contributed by atoms with Crippen LogP contribution in [0.25, 0.3) is 0 Å². The number of imide groups is 1. The van der Waals surface area contributed by atoms with Gasteiger partial charge in [-0.2, -0.15) is 0 Å². The summed E-state index contributed by atoms with van der Waals surface area (Å²) in [5.41, 5.74) is 6.26. The standard InChI is InChI=1S/C36H42N4O8.C31H43N3O8/c1-6-46-36(44)40-28-17-32(31(45-5)15-26(28)34(42)39-20-22(3)13-29(39)35(40)43)48-11-9-7-8-10-47-30-16-27-25(14-23(30)4)33(41)38-19-21(2)12-24(38)18-37-27;1-21(2)27(31(40)32-23(4)30(39)33-24-9-7-22(3)8-10-24)20-26(36)14-17-42-19-18-41-16-5-6-25(35)13-15-34-28(37)11-12-29(34)38/h14-20,24,29,35,43H,6-13H2,1-5H3;7-12,21,23,27H,5-6,13-20H2,1-4H3,(H,32,40)(H,33,39). The van der Waals surface area contributed by atoms with Gasteiger partial charge in [0.25, 0.3) is 23.6 Å². The number of amides is 7. The molecule has 0 saturated heterocycles. The van der Waals surface area contributed by atoms with Gasteiger partial charge in [0.15, 0.2) is 17.7 Å². The quantitative estimate of drug-likeness (QED) is 0.0416. The predicted molar refractivity (Wildman–Crippen MR) is 336 cm³/mol. The number of aliphatic hydroxyl groups excluding tert-OH is 1. The van der Waals surface area contributed by atoms with E-state index in [0.29, 0.717) is 86.3 Å². The number of aliphatic hydroxyl groups is 1. The van der Waals surface area contributed by atoms with Crippen LogP contribution in [0.2, 0.25) is 0 Å². The van der Waals surface area contributed by atoms with E-state index < -0.39 is 42.1 Å². The highest BCUT2D eigenvalue weighted by Gasteiger charge is 2.45. The number of methoxy groups -OCH3 is 1. The van der Waals surface area contributed by atoms with Gasteiger partial charge in [0.2, 0.25) is 11.8 Å². The second-order valence-corrected chi connectivity index (χ2v) is 23.3. The van der Waals surface area contributed by atoms with Crippen LogP contribution < -0.4 is 29.7 Å². The molecule has 5 heterocycles. The Morgan fingerprint density at radius 2 is 1.34 bits per heavy atom. The number of hydrogen-bond donors (Lipinski definition) is 3. The molecule has 484 valence electrons. The first kappa shape index (κ1) is 68.9. The summed E-state index contributed by atoms with van der Waals surface area (Å²) in [7, 11) is 1.49. The smallest absolute Gasteiger partial charge is 0.416 e. The number of carbonyl (C=O) groups excluding carboxylic acids is 9. The lowest BCUT2D eigenvalue weighted by Crippen LogP contribution is -2.50. The van der Waals surface area contributed by atoms with Crippen LogP contribution in [0.3, 0.4) is 0 Å². The second-order valence-electron chi connectivity index (χ2n) is 23.3. The Balaban J connectivity index is 0.000000259. The van der Waals surface area contributed by atoms with Gasteiger partial charge in [-0.1, -0.05) is 42.7 Å². The van der Waals surface area contributed by atoms with Crippen molar-refractivity contribution < 1.29 is 76.7 Å². The van der Waals surface area contributed by atoms with E-state index in [1.165, 1.54) is 24.2 Å². The first-order valence-corrected chi connectivity index (χ1v) is 30.8. The number of ether oxygens (including phenoxy) is 6. The first-order valence-electron chi connectivity index (χ1n) is 30.8. The van der Waals surface area contributed by atoms with E-state index in [2.05, 4.69) is 15.6 Å². The lowest BCUT2D eigenvalue weighted by molar-refractivity contribution is -0.137. The van der Waals surface area contributed by atoms with E-state index in [4.69, 9.17) is 28.4 Å². The van der Waals surface area contributed by atoms with E-state index in [0.717, 1.165) is 51.3 Å². The average molecular weight is 1240 g/mol. The summed E-state index contributed by atoms with van der Waals surface area (Å²) in [5, 5.41) is 16.8. The molecular formula is C67H85N7O16. The molecule has 0 radical (unpaired) electrons. The van der Waals surface area contributed by atoms with Gasteiger partial charge in [-0.15, -0.1) is 0 Å². The topological polar surface area (TPSA) is 279 Å². The molecule has 23 nitrogen and oxygen atoms in total. The van der Waals surface area contributed by atoms with Crippen LogP contribution in [0.5, 0.6) is 17.2 Å². The number of benzene rings is 3. The normalized spacial score (nSPS) is 17.9. The molecule has 7 amide bonds. The Kier molecular flexibility index (Phi) is 25.1. The lowest BCUT2D eigenvalue weighted by Gasteiger charge is -2.31. The molecule has 0 aromatic heterocycles. The highest BCUT2D eigenvalue weighted by Crippen LogP contribution is 2.42. The summed E-state index contributed by atoms with van der Waals surface area (Å²) >= 11 is 0. The molecule has 3 aromatic rings. The molecule has 5 aliphatic heterocycles. The van der Waals surface area contributed by atoms with E-state index in [1.54, 1.807) is 49.2 Å². The van der Waals surface area contributed by atoms with Crippen LogP contribution in [-0.4, -0.2) is 163 Å². The SMILES string of the molecule is CCOC(=O)N1c2cc(OCCCCCOc3cc4c(cc3C)C(=O)N3C=C(C)CC3C=N4)c(OC)cc2C(=O)N2C=C(C)CC2C1O.Cc1ccc(NC(=O)C(C)NC(=O)C(CC(=O)CCOCCOCCCC(=O)CCN2C(=O)C=CC2=O)C(C)C)cc1. The van der Waals surface area contributed by atoms with Crippen molar-refractivity contribution in [1.82, 2.24) is 20.0 Å². The maximum Gasteiger partial charge on any atom is 0.416 e. The number of fused-ring (bicyclic) bond motifs is 4. The molecule has 0 aliphatic carbocycles. The molecule has 0 bridgehead atoms. The number of carbonyl (C=O) groups is 9. The van der Waals surface area contributed by atoms with Crippen molar-refractivity contribution in [3.8, 4) is 17.2 Å². The molecule has 8 rings (SSSR count). The van der Waals surface area contributed by atoms with Crippen LogP contribution in [0.15, 0.2) is 89.2 Å². The molecule has 5 aliphatic rings.